The van der Waals surface area contributed by atoms with E-state index in [4.69, 9.17) is 4.43 Å². The van der Waals surface area contributed by atoms with Crippen LogP contribution in [-0.4, -0.2) is 14.9 Å². The maximum Gasteiger partial charge on any atom is 0.183 e. The van der Waals surface area contributed by atoms with Crippen LogP contribution >= 0.6 is 15.9 Å². The van der Waals surface area contributed by atoms with Crippen molar-refractivity contribution >= 4 is 29.8 Å². The molecule has 0 spiro atoms. The van der Waals surface area contributed by atoms with Gasteiger partial charge in [-0.15, -0.1) is 0 Å². The second-order valence-electron chi connectivity index (χ2n) is 4.82. The molecule has 1 aromatic rings. The smallest absolute Gasteiger partial charge is 0.183 e. The number of hydrogen-bond acceptors (Lipinski definition) is 1. The van der Waals surface area contributed by atoms with Gasteiger partial charge in [0.25, 0.3) is 0 Å². The lowest BCUT2D eigenvalue weighted by atomic mass is 10.1. The van der Waals surface area contributed by atoms with Crippen molar-refractivity contribution in [1.29, 1.82) is 0 Å². The zero-order valence-corrected chi connectivity index (χ0v) is 12.8. The minimum absolute atomic E-state index is 0.779. The van der Waals surface area contributed by atoms with E-state index in [2.05, 4.69) is 54.3 Å². The van der Waals surface area contributed by atoms with Crippen LogP contribution in [0.3, 0.4) is 0 Å². The van der Waals surface area contributed by atoms with E-state index >= 15 is 0 Å². The van der Waals surface area contributed by atoms with Crippen LogP contribution < -0.4 is 0 Å². The average Bonchev–Trinajstić information content (AvgIpc) is 2.15. The topological polar surface area (TPSA) is 9.23 Å². The zero-order valence-electron chi connectivity index (χ0n) is 10.2. The summed E-state index contributed by atoms with van der Waals surface area (Å²) in [5.74, 6) is 0. The lowest BCUT2D eigenvalue weighted by Crippen LogP contribution is -2.25. The van der Waals surface area contributed by atoms with Gasteiger partial charge in [-0.1, -0.05) is 34.6 Å². The first-order chi connectivity index (χ1) is 7.38. The van der Waals surface area contributed by atoms with Crippen molar-refractivity contribution in [1.82, 2.24) is 0 Å². The minimum Gasteiger partial charge on any atom is -0.417 e. The molecular formula is C13H19BrOSi. The Morgan fingerprint density at radius 1 is 1.38 bits per heavy atom. The number of halogens is 1. The summed E-state index contributed by atoms with van der Waals surface area (Å²) in [6.45, 7) is 11.5. The Balaban J connectivity index is 2.47. The van der Waals surface area contributed by atoms with E-state index in [1.165, 1.54) is 5.56 Å². The van der Waals surface area contributed by atoms with Gasteiger partial charge in [0.15, 0.2) is 8.32 Å². The Bertz CT molecular complexity index is 368. The highest BCUT2D eigenvalue weighted by molar-refractivity contribution is 9.10. The lowest BCUT2D eigenvalue weighted by Gasteiger charge is -2.17. The van der Waals surface area contributed by atoms with Crippen molar-refractivity contribution in [2.45, 2.75) is 26.1 Å². The largest absolute Gasteiger partial charge is 0.417 e. The van der Waals surface area contributed by atoms with Crippen molar-refractivity contribution < 1.29 is 4.43 Å². The second kappa shape index (κ2) is 5.80. The summed E-state index contributed by atoms with van der Waals surface area (Å²) >= 11 is 3.46. The Morgan fingerprint density at radius 3 is 2.62 bits per heavy atom. The molecule has 1 nitrogen and oxygen atoms in total. The van der Waals surface area contributed by atoms with Gasteiger partial charge in [0, 0.05) is 11.1 Å². The molecule has 0 aromatic heterocycles. The molecule has 0 aliphatic carbocycles. The average molecular weight is 299 g/mol. The standard InChI is InChI=1S/C13H19BrOSi/c1-11(8-9-15-16(2,3)4)12-6-5-7-13(14)10-12/h5-7,10H,1,8-9H2,2-4H3. The molecule has 0 heterocycles. The Hall–Kier alpha value is -0.383. The first-order valence-corrected chi connectivity index (χ1v) is 9.66. The summed E-state index contributed by atoms with van der Waals surface area (Å²) < 4.78 is 6.91. The van der Waals surface area contributed by atoms with Crippen molar-refractivity contribution in [2.75, 3.05) is 6.61 Å². The molecule has 16 heavy (non-hydrogen) atoms. The molecule has 0 atom stereocenters. The summed E-state index contributed by atoms with van der Waals surface area (Å²) in [6.07, 6.45) is 0.903. The Labute approximate surface area is 108 Å². The van der Waals surface area contributed by atoms with Gasteiger partial charge in [-0.2, -0.15) is 0 Å². The number of benzene rings is 1. The number of hydrogen-bond donors (Lipinski definition) is 0. The highest BCUT2D eigenvalue weighted by atomic mass is 79.9. The molecule has 3 heteroatoms. The molecule has 88 valence electrons. The molecule has 0 aliphatic heterocycles. The van der Waals surface area contributed by atoms with Crippen LogP contribution in [0.2, 0.25) is 19.6 Å². The van der Waals surface area contributed by atoms with Crippen molar-refractivity contribution in [3.05, 3.63) is 40.9 Å². The third-order valence-corrected chi connectivity index (χ3v) is 3.74. The molecule has 0 saturated carbocycles. The predicted molar refractivity (Wildman–Crippen MR) is 77.1 cm³/mol. The number of rotatable bonds is 5. The molecule has 1 aromatic carbocycles. The summed E-state index contributed by atoms with van der Waals surface area (Å²) in [4.78, 5) is 0. The molecule has 0 unspecified atom stereocenters. The molecule has 0 bridgehead atoms. The monoisotopic (exact) mass is 298 g/mol. The molecular weight excluding hydrogens is 280 g/mol. The van der Waals surface area contributed by atoms with Gasteiger partial charge in [-0.3, -0.25) is 0 Å². The van der Waals surface area contributed by atoms with Crippen LogP contribution in [0.25, 0.3) is 5.57 Å². The molecule has 0 radical (unpaired) electrons. The maximum atomic E-state index is 5.82. The highest BCUT2D eigenvalue weighted by Crippen LogP contribution is 2.20. The predicted octanol–water partition coefficient (Wildman–Crippen LogP) is 4.70. The molecule has 0 saturated heterocycles. The van der Waals surface area contributed by atoms with E-state index in [-0.39, 0.29) is 0 Å². The van der Waals surface area contributed by atoms with Gasteiger partial charge in [0.2, 0.25) is 0 Å². The third-order valence-electron chi connectivity index (χ3n) is 2.17. The molecule has 0 fully saturated rings. The first-order valence-electron chi connectivity index (χ1n) is 5.46. The van der Waals surface area contributed by atoms with Gasteiger partial charge < -0.3 is 4.43 Å². The van der Waals surface area contributed by atoms with Crippen LogP contribution in [0.5, 0.6) is 0 Å². The normalized spacial score (nSPS) is 11.5. The van der Waals surface area contributed by atoms with Crippen molar-refractivity contribution in [3.63, 3.8) is 0 Å². The fraction of sp³-hybridized carbons (Fsp3) is 0.385. The van der Waals surface area contributed by atoms with Gasteiger partial charge in [-0.05, 0) is 49.3 Å². The second-order valence-corrected chi connectivity index (χ2v) is 10.3. The van der Waals surface area contributed by atoms with Crippen LogP contribution in [0.15, 0.2) is 35.3 Å². The lowest BCUT2D eigenvalue weighted by molar-refractivity contribution is 0.321. The fourth-order valence-electron chi connectivity index (χ4n) is 1.33. The highest BCUT2D eigenvalue weighted by Gasteiger charge is 2.13. The molecule has 0 N–H and O–H groups in total. The van der Waals surface area contributed by atoms with Crippen LogP contribution in [-0.2, 0) is 4.43 Å². The Kier molecular flexibility index (Phi) is 4.96. The third kappa shape index (κ3) is 5.10. The fourth-order valence-corrected chi connectivity index (χ4v) is 2.45. The SMILES string of the molecule is C=C(CCO[Si](C)(C)C)c1cccc(Br)c1. The van der Waals surface area contributed by atoms with Gasteiger partial charge in [0.05, 0.1) is 0 Å². The van der Waals surface area contributed by atoms with E-state index in [9.17, 15) is 0 Å². The summed E-state index contributed by atoms with van der Waals surface area (Å²) in [7, 11) is -1.39. The molecule has 0 amide bonds. The summed E-state index contributed by atoms with van der Waals surface area (Å²) in [6, 6.07) is 8.23. The first kappa shape index (κ1) is 13.7. The molecule has 0 aliphatic rings. The zero-order chi connectivity index (χ0) is 12.2. The van der Waals surface area contributed by atoms with Crippen molar-refractivity contribution in [2.24, 2.45) is 0 Å². The van der Waals surface area contributed by atoms with Crippen LogP contribution in [0, 0.1) is 0 Å². The van der Waals surface area contributed by atoms with Gasteiger partial charge in [-0.25, -0.2) is 0 Å². The van der Waals surface area contributed by atoms with E-state index in [0.29, 0.717) is 0 Å². The van der Waals surface area contributed by atoms with Gasteiger partial charge >= 0.3 is 0 Å². The molecule has 1 rings (SSSR count). The van der Waals surface area contributed by atoms with E-state index < -0.39 is 8.32 Å². The van der Waals surface area contributed by atoms with Crippen LogP contribution in [0.1, 0.15) is 12.0 Å². The summed E-state index contributed by atoms with van der Waals surface area (Å²) in [5, 5.41) is 0. The maximum absolute atomic E-state index is 5.82. The Morgan fingerprint density at radius 2 is 2.06 bits per heavy atom. The van der Waals surface area contributed by atoms with E-state index in [1.54, 1.807) is 0 Å². The summed E-state index contributed by atoms with van der Waals surface area (Å²) in [5.41, 5.74) is 2.33. The van der Waals surface area contributed by atoms with E-state index in [1.807, 2.05) is 12.1 Å². The van der Waals surface area contributed by atoms with E-state index in [0.717, 1.165) is 23.1 Å². The minimum atomic E-state index is -1.39. The quantitative estimate of drug-likeness (QED) is 0.716. The van der Waals surface area contributed by atoms with Crippen LogP contribution in [0.4, 0.5) is 0 Å². The van der Waals surface area contributed by atoms with Gasteiger partial charge in [0.1, 0.15) is 0 Å². The van der Waals surface area contributed by atoms with Crippen molar-refractivity contribution in [3.8, 4) is 0 Å².